The van der Waals surface area contributed by atoms with Gasteiger partial charge in [-0.3, -0.25) is 9.69 Å². The molecule has 0 aliphatic carbocycles. The number of benzene rings is 1. The Morgan fingerprint density at radius 3 is 2.57 bits per heavy atom. The molecule has 0 bridgehead atoms. The van der Waals surface area contributed by atoms with Crippen LogP contribution in [0.4, 0.5) is 4.39 Å². The zero-order chi connectivity index (χ0) is 16.1. The van der Waals surface area contributed by atoms with E-state index in [1.54, 1.807) is 23.5 Å². The van der Waals surface area contributed by atoms with Gasteiger partial charge in [-0.2, -0.15) is 0 Å². The van der Waals surface area contributed by atoms with Crippen molar-refractivity contribution in [3.05, 3.63) is 58.0 Å². The fourth-order valence-corrected chi connectivity index (χ4v) is 3.68. The van der Waals surface area contributed by atoms with E-state index in [1.165, 1.54) is 18.6 Å². The molecule has 122 valence electrons. The second kappa shape index (κ2) is 7.70. The molecule has 1 fully saturated rings. The Balaban J connectivity index is 1.75. The van der Waals surface area contributed by atoms with Gasteiger partial charge in [-0.05, 0) is 55.1 Å². The van der Waals surface area contributed by atoms with Crippen LogP contribution in [0.1, 0.15) is 35.7 Å². The maximum Gasteiger partial charge on any atom is 0.242 e. The lowest BCUT2D eigenvalue weighted by Crippen LogP contribution is -2.42. The second-order valence-electron chi connectivity index (χ2n) is 5.85. The molecule has 1 saturated heterocycles. The summed E-state index contributed by atoms with van der Waals surface area (Å²) in [5.41, 5.74) is 0.858. The van der Waals surface area contributed by atoms with Crippen molar-refractivity contribution in [3.63, 3.8) is 0 Å². The number of piperidine rings is 1. The Bertz CT molecular complexity index is 621. The summed E-state index contributed by atoms with van der Waals surface area (Å²) in [6.07, 6.45) is 3.43. The van der Waals surface area contributed by atoms with Gasteiger partial charge in [0.25, 0.3) is 0 Å². The molecule has 0 radical (unpaired) electrons. The van der Waals surface area contributed by atoms with Gasteiger partial charge < -0.3 is 5.32 Å². The van der Waals surface area contributed by atoms with E-state index in [0.717, 1.165) is 36.4 Å². The first-order valence-corrected chi connectivity index (χ1v) is 8.91. The molecule has 1 unspecified atom stereocenters. The summed E-state index contributed by atoms with van der Waals surface area (Å²) >= 11 is 1.63. The van der Waals surface area contributed by atoms with Crippen molar-refractivity contribution in [1.82, 2.24) is 10.2 Å². The summed E-state index contributed by atoms with van der Waals surface area (Å²) in [6, 6.07) is 9.96. The molecular weight excluding hydrogens is 311 g/mol. The van der Waals surface area contributed by atoms with Gasteiger partial charge in [-0.1, -0.05) is 24.6 Å². The monoisotopic (exact) mass is 332 g/mol. The molecular formula is C18H21FN2OS. The minimum atomic E-state index is -0.337. The highest BCUT2D eigenvalue weighted by Gasteiger charge is 2.28. The lowest BCUT2D eigenvalue weighted by molar-refractivity contribution is -0.127. The summed E-state index contributed by atoms with van der Waals surface area (Å²) < 4.78 is 13.2. The summed E-state index contributed by atoms with van der Waals surface area (Å²) in [5.74, 6) is -0.281. The fraction of sp³-hybridized carbons (Fsp3) is 0.389. The van der Waals surface area contributed by atoms with Crippen molar-refractivity contribution in [1.29, 1.82) is 0 Å². The Labute approximate surface area is 140 Å². The van der Waals surface area contributed by atoms with E-state index in [2.05, 4.69) is 10.2 Å². The lowest BCUT2D eigenvalue weighted by Gasteiger charge is -2.33. The predicted molar refractivity (Wildman–Crippen MR) is 90.7 cm³/mol. The molecule has 23 heavy (non-hydrogen) atoms. The molecule has 1 aromatic carbocycles. The van der Waals surface area contributed by atoms with Gasteiger partial charge in [0.15, 0.2) is 0 Å². The first-order chi connectivity index (χ1) is 11.2. The maximum absolute atomic E-state index is 13.2. The first kappa shape index (κ1) is 16.1. The number of halogens is 1. The Morgan fingerprint density at radius 1 is 1.17 bits per heavy atom. The van der Waals surface area contributed by atoms with E-state index < -0.39 is 0 Å². The molecule has 1 aliphatic rings. The number of hydrogen-bond acceptors (Lipinski definition) is 3. The number of carbonyl (C=O) groups excluding carboxylic acids is 1. The topological polar surface area (TPSA) is 32.3 Å². The van der Waals surface area contributed by atoms with E-state index >= 15 is 0 Å². The number of likely N-dealkylation sites (tertiary alicyclic amines) is 1. The molecule has 1 atom stereocenters. The second-order valence-corrected chi connectivity index (χ2v) is 6.88. The van der Waals surface area contributed by atoms with Gasteiger partial charge in [-0.25, -0.2) is 4.39 Å². The minimum Gasteiger partial charge on any atom is -0.350 e. The molecule has 2 aromatic rings. The standard InChI is InChI=1S/C18H21FN2OS/c19-15-8-6-14(7-9-15)17(21-10-2-1-3-11-21)18(22)20-13-16-5-4-12-23-16/h4-9,12,17H,1-3,10-11,13H2,(H,20,22). The van der Waals surface area contributed by atoms with Gasteiger partial charge in [0.05, 0.1) is 6.54 Å². The van der Waals surface area contributed by atoms with Crippen LogP contribution in [0.25, 0.3) is 0 Å². The van der Waals surface area contributed by atoms with E-state index in [0.29, 0.717) is 6.54 Å². The van der Waals surface area contributed by atoms with Crippen molar-refractivity contribution >= 4 is 17.2 Å². The van der Waals surface area contributed by atoms with Crippen LogP contribution in [-0.2, 0) is 11.3 Å². The van der Waals surface area contributed by atoms with Crippen molar-refractivity contribution in [3.8, 4) is 0 Å². The normalized spacial score (nSPS) is 16.9. The Hall–Kier alpha value is -1.72. The number of carbonyl (C=O) groups is 1. The number of nitrogens with one attached hydrogen (secondary N) is 1. The van der Waals surface area contributed by atoms with Crippen molar-refractivity contribution in [2.75, 3.05) is 13.1 Å². The average molecular weight is 332 g/mol. The summed E-state index contributed by atoms with van der Waals surface area (Å²) in [4.78, 5) is 16.1. The third kappa shape index (κ3) is 4.18. The number of hydrogen-bond donors (Lipinski definition) is 1. The largest absolute Gasteiger partial charge is 0.350 e. The van der Waals surface area contributed by atoms with Crippen LogP contribution in [0.5, 0.6) is 0 Å². The first-order valence-electron chi connectivity index (χ1n) is 8.03. The SMILES string of the molecule is O=C(NCc1cccs1)C(c1ccc(F)cc1)N1CCCCC1. The Morgan fingerprint density at radius 2 is 1.91 bits per heavy atom. The van der Waals surface area contributed by atoms with Crippen LogP contribution in [-0.4, -0.2) is 23.9 Å². The average Bonchev–Trinajstić information content (AvgIpc) is 3.09. The van der Waals surface area contributed by atoms with Crippen molar-refractivity contribution < 1.29 is 9.18 Å². The number of thiophene rings is 1. The zero-order valence-electron chi connectivity index (χ0n) is 13.0. The highest BCUT2D eigenvalue weighted by Crippen LogP contribution is 2.25. The van der Waals surface area contributed by atoms with E-state index in [1.807, 2.05) is 17.5 Å². The lowest BCUT2D eigenvalue weighted by atomic mass is 10.0. The molecule has 1 aromatic heterocycles. The number of nitrogens with zero attached hydrogens (tertiary/aromatic N) is 1. The van der Waals surface area contributed by atoms with Crippen molar-refractivity contribution in [2.45, 2.75) is 31.8 Å². The van der Waals surface area contributed by atoms with E-state index in [4.69, 9.17) is 0 Å². The molecule has 0 saturated carbocycles. The maximum atomic E-state index is 13.2. The molecule has 3 rings (SSSR count). The highest BCUT2D eigenvalue weighted by atomic mass is 32.1. The van der Waals surface area contributed by atoms with Crippen LogP contribution < -0.4 is 5.32 Å². The van der Waals surface area contributed by atoms with Crippen molar-refractivity contribution in [2.24, 2.45) is 0 Å². The zero-order valence-corrected chi connectivity index (χ0v) is 13.8. The van der Waals surface area contributed by atoms with Gasteiger partial charge in [0, 0.05) is 4.88 Å². The minimum absolute atomic E-state index is 0.00749. The number of rotatable bonds is 5. The molecule has 5 heteroatoms. The smallest absolute Gasteiger partial charge is 0.242 e. The molecule has 0 spiro atoms. The van der Waals surface area contributed by atoms with Crippen LogP contribution >= 0.6 is 11.3 Å². The summed E-state index contributed by atoms with van der Waals surface area (Å²) in [6.45, 7) is 2.37. The quantitative estimate of drug-likeness (QED) is 0.905. The van der Waals surface area contributed by atoms with Gasteiger partial charge in [0.1, 0.15) is 11.9 Å². The summed E-state index contributed by atoms with van der Waals surface area (Å²) in [7, 11) is 0. The van der Waals surface area contributed by atoms with E-state index in [9.17, 15) is 9.18 Å². The summed E-state index contributed by atoms with van der Waals surface area (Å²) in [5, 5.41) is 5.04. The molecule has 3 nitrogen and oxygen atoms in total. The van der Waals surface area contributed by atoms with Crippen LogP contribution in [0.2, 0.25) is 0 Å². The van der Waals surface area contributed by atoms with Crippen LogP contribution in [0.15, 0.2) is 41.8 Å². The number of amides is 1. The Kier molecular flexibility index (Phi) is 5.41. The molecule has 1 aliphatic heterocycles. The van der Waals surface area contributed by atoms with Gasteiger partial charge in [0.2, 0.25) is 5.91 Å². The van der Waals surface area contributed by atoms with Gasteiger partial charge >= 0.3 is 0 Å². The highest BCUT2D eigenvalue weighted by molar-refractivity contribution is 7.09. The molecule has 2 heterocycles. The molecule has 1 N–H and O–H groups in total. The third-order valence-electron chi connectivity index (χ3n) is 4.21. The fourth-order valence-electron chi connectivity index (χ4n) is 3.03. The van der Waals surface area contributed by atoms with Crippen LogP contribution in [0, 0.1) is 5.82 Å². The van der Waals surface area contributed by atoms with Gasteiger partial charge in [-0.15, -0.1) is 11.3 Å². The van der Waals surface area contributed by atoms with E-state index in [-0.39, 0.29) is 17.8 Å². The van der Waals surface area contributed by atoms with Crippen LogP contribution in [0.3, 0.4) is 0 Å². The predicted octanol–water partition coefficient (Wildman–Crippen LogP) is 3.73. The third-order valence-corrected chi connectivity index (χ3v) is 5.08. The molecule has 1 amide bonds.